The molecule has 0 unspecified atom stereocenters. The van der Waals surface area contributed by atoms with Gasteiger partial charge in [-0.3, -0.25) is 14.2 Å². The molecule has 2 aromatic heterocycles. The zero-order valence-corrected chi connectivity index (χ0v) is 15.6. The van der Waals surface area contributed by atoms with E-state index in [0.717, 1.165) is 0 Å². The van der Waals surface area contributed by atoms with Crippen LogP contribution >= 0.6 is 0 Å². The molecule has 4 aromatic rings. The fraction of sp³-hybridized carbons (Fsp3) is 0.143. The molecule has 0 aliphatic carbocycles. The van der Waals surface area contributed by atoms with Gasteiger partial charge in [-0.05, 0) is 19.1 Å². The summed E-state index contributed by atoms with van der Waals surface area (Å²) in [4.78, 5) is 29.3. The number of nitrogens with one attached hydrogen (secondary N) is 1. The average Bonchev–Trinajstić information content (AvgIpc) is 3.15. The summed E-state index contributed by atoms with van der Waals surface area (Å²) < 4.78 is 20.3. The zero-order chi connectivity index (χ0) is 20.4. The minimum absolute atomic E-state index is 0.0392. The van der Waals surface area contributed by atoms with Crippen molar-refractivity contribution in [2.75, 3.05) is 0 Å². The molecule has 0 aliphatic rings. The maximum atomic E-state index is 13.7. The number of pyridine rings is 1. The number of aryl methyl sites for hydroxylation is 1. The van der Waals surface area contributed by atoms with Crippen LogP contribution in [-0.2, 0) is 17.9 Å². The molecule has 0 radical (unpaired) electrons. The third kappa shape index (κ3) is 3.77. The number of carbonyl (C=O) groups is 1. The third-order valence-electron chi connectivity index (χ3n) is 4.51. The van der Waals surface area contributed by atoms with Crippen molar-refractivity contribution in [3.05, 3.63) is 82.2 Å². The molecule has 0 atom stereocenters. The van der Waals surface area contributed by atoms with E-state index in [1.54, 1.807) is 37.3 Å². The molecule has 29 heavy (non-hydrogen) atoms. The summed E-state index contributed by atoms with van der Waals surface area (Å²) in [7, 11) is 0. The summed E-state index contributed by atoms with van der Waals surface area (Å²) in [6.07, 6.45) is 0. The van der Waals surface area contributed by atoms with Gasteiger partial charge in [0, 0.05) is 23.6 Å². The largest absolute Gasteiger partial charge is 0.350 e. The summed E-state index contributed by atoms with van der Waals surface area (Å²) in [6, 6.07) is 14.7. The molecule has 0 saturated heterocycles. The summed E-state index contributed by atoms with van der Waals surface area (Å²) >= 11 is 0. The lowest BCUT2D eigenvalue weighted by molar-refractivity contribution is -0.121. The Kier molecular flexibility index (Phi) is 4.90. The first kappa shape index (κ1) is 18.5. The minimum Gasteiger partial charge on any atom is -0.350 e. The number of aromatic nitrogens is 3. The Morgan fingerprint density at radius 3 is 2.69 bits per heavy atom. The van der Waals surface area contributed by atoms with Gasteiger partial charge in [0.25, 0.3) is 11.4 Å². The van der Waals surface area contributed by atoms with Crippen molar-refractivity contribution in [3.8, 4) is 11.5 Å². The molecular formula is C21H17FN4O3. The van der Waals surface area contributed by atoms with E-state index in [0.29, 0.717) is 27.9 Å². The van der Waals surface area contributed by atoms with Crippen LogP contribution in [0.25, 0.3) is 22.4 Å². The van der Waals surface area contributed by atoms with Crippen LogP contribution in [0.3, 0.4) is 0 Å². The van der Waals surface area contributed by atoms with Crippen molar-refractivity contribution < 1.29 is 13.7 Å². The highest BCUT2D eigenvalue weighted by molar-refractivity contribution is 5.93. The number of hydrogen-bond acceptors (Lipinski definition) is 5. The van der Waals surface area contributed by atoms with Gasteiger partial charge in [0.15, 0.2) is 5.82 Å². The van der Waals surface area contributed by atoms with Gasteiger partial charge >= 0.3 is 0 Å². The highest BCUT2D eigenvalue weighted by atomic mass is 19.1. The van der Waals surface area contributed by atoms with Gasteiger partial charge < -0.3 is 9.84 Å². The molecule has 8 heteroatoms. The Bertz CT molecular complexity index is 1260. The number of hydrogen-bond donors (Lipinski definition) is 1. The lowest BCUT2D eigenvalue weighted by atomic mass is 10.1. The molecule has 0 saturated carbocycles. The fourth-order valence-electron chi connectivity index (χ4n) is 3.12. The molecule has 1 N–H and O–H groups in total. The number of nitrogens with zero attached hydrogens (tertiary/aromatic N) is 3. The predicted octanol–water partition coefficient (Wildman–Crippen LogP) is 2.82. The molecular weight excluding hydrogens is 375 g/mol. The molecule has 2 heterocycles. The summed E-state index contributed by atoms with van der Waals surface area (Å²) in [5, 5.41) is 7.13. The Balaban J connectivity index is 1.64. The van der Waals surface area contributed by atoms with Crippen LogP contribution in [0.4, 0.5) is 4.39 Å². The van der Waals surface area contributed by atoms with Crippen LogP contribution in [0.15, 0.2) is 63.9 Å². The second-order valence-electron chi connectivity index (χ2n) is 6.51. The maximum Gasteiger partial charge on any atom is 0.258 e. The number of fused-ring (bicyclic) bond motifs is 1. The number of rotatable bonds is 5. The van der Waals surface area contributed by atoms with Gasteiger partial charge in [-0.15, -0.1) is 0 Å². The third-order valence-corrected chi connectivity index (χ3v) is 4.51. The lowest BCUT2D eigenvalue weighted by Gasteiger charge is -2.12. The van der Waals surface area contributed by atoms with E-state index in [4.69, 9.17) is 4.52 Å². The highest BCUT2D eigenvalue weighted by Gasteiger charge is 2.16. The molecule has 2 aromatic carbocycles. The highest BCUT2D eigenvalue weighted by Crippen LogP contribution is 2.25. The molecule has 1 amide bonds. The van der Waals surface area contributed by atoms with Crippen molar-refractivity contribution in [1.82, 2.24) is 20.0 Å². The van der Waals surface area contributed by atoms with E-state index >= 15 is 0 Å². The molecule has 0 spiro atoms. The van der Waals surface area contributed by atoms with Crippen molar-refractivity contribution in [2.45, 2.75) is 20.0 Å². The van der Waals surface area contributed by atoms with Crippen molar-refractivity contribution in [1.29, 1.82) is 0 Å². The van der Waals surface area contributed by atoms with Gasteiger partial charge in [0.1, 0.15) is 12.4 Å². The predicted molar refractivity (Wildman–Crippen MR) is 104 cm³/mol. The van der Waals surface area contributed by atoms with E-state index in [1.807, 2.05) is 12.1 Å². The normalized spacial score (nSPS) is 11.0. The van der Waals surface area contributed by atoms with E-state index in [-0.39, 0.29) is 24.5 Å². The van der Waals surface area contributed by atoms with Crippen molar-refractivity contribution in [2.24, 2.45) is 0 Å². The van der Waals surface area contributed by atoms with Gasteiger partial charge in [0.2, 0.25) is 5.91 Å². The Morgan fingerprint density at radius 1 is 1.17 bits per heavy atom. The van der Waals surface area contributed by atoms with Gasteiger partial charge in [-0.1, -0.05) is 41.6 Å². The van der Waals surface area contributed by atoms with E-state index < -0.39 is 11.7 Å². The van der Waals surface area contributed by atoms with E-state index in [2.05, 4.69) is 15.5 Å². The topological polar surface area (TPSA) is 90.0 Å². The average molecular weight is 392 g/mol. The first-order valence-electron chi connectivity index (χ1n) is 8.96. The van der Waals surface area contributed by atoms with Crippen molar-refractivity contribution in [3.63, 3.8) is 0 Å². The smallest absolute Gasteiger partial charge is 0.258 e. The number of para-hydroxylation sites is 1. The maximum absolute atomic E-state index is 13.7. The van der Waals surface area contributed by atoms with Crippen LogP contribution in [0.1, 0.15) is 11.4 Å². The second kappa shape index (κ2) is 7.67. The van der Waals surface area contributed by atoms with Crippen LogP contribution in [0.2, 0.25) is 0 Å². The second-order valence-corrected chi connectivity index (χ2v) is 6.51. The van der Waals surface area contributed by atoms with E-state index in [1.165, 1.54) is 16.7 Å². The van der Waals surface area contributed by atoms with Crippen LogP contribution < -0.4 is 10.9 Å². The molecule has 7 nitrogen and oxygen atoms in total. The van der Waals surface area contributed by atoms with Crippen molar-refractivity contribution >= 4 is 16.8 Å². The first-order chi connectivity index (χ1) is 14.0. The molecule has 0 aliphatic heterocycles. The monoisotopic (exact) mass is 392 g/mol. The Morgan fingerprint density at radius 2 is 1.93 bits per heavy atom. The van der Waals surface area contributed by atoms with Gasteiger partial charge in [0.05, 0.1) is 11.1 Å². The molecule has 0 bridgehead atoms. The van der Waals surface area contributed by atoms with Crippen LogP contribution in [0.5, 0.6) is 0 Å². The Labute approximate surface area is 164 Å². The zero-order valence-electron chi connectivity index (χ0n) is 15.6. The van der Waals surface area contributed by atoms with E-state index in [9.17, 15) is 14.0 Å². The van der Waals surface area contributed by atoms with Crippen LogP contribution in [0, 0.1) is 12.7 Å². The Hall–Kier alpha value is -3.81. The van der Waals surface area contributed by atoms with Gasteiger partial charge in [-0.2, -0.15) is 4.98 Å². The summed E-state index contributed by atoms with van der Waals surface area (Å²) in [5.41, 5.74) is 1.07. The van der Waals surface area contributed by atoms with Crippen LogP contribution in [-0.4, -0.2) is 20.6 Å². The summed E-state index contributed by atoms with van der Waals surface area (Å²) in [5.74, 6) is -0.0933. The number of halogens is 1. The lowest BCUT2D eigenvalue weighted by Crippen LogP contribution is -2.32. The number of amides is 1. The SMILES string of the molecule is Cc1noc(-c2cc(=O)n(CC(=O)NCc3ccccc3F)c3ccccc23)n1. The molecule has 146 valence electrons. The fourth-order valence-corrected chi connectivity index (χ4v) is 3.12. The standard InChI is InChI=1S/C21H17FN4O3/c1-13-24-21(29-25-13)16-10-20(28)26(18-9-5-3-7-15(16)18)12-19(27)23-11-14-6-2-4-8-17(14)22/h2-10H,11-12H2,1H3,(H,23,27). The number of benzene rings is 2. The first-order valence-corrected chi connectivity index (χ1v) is 8.96. The number of carbonyl (C=O) groups excluding carboxylic acids is 1. The molecule has 0 fully saturated rings. The summed E-state index contributed by atoms with van der Waals surface area (Å²) in [6.45, 7) is 1.53. The van der Waals surface area contributed by atoms with Gasteiger partial charge in [-0.25, -0.2) is 4.39 Å². The molecule has 4 rings (SSSR count). The minimum atomic E-state index is -0.401. The quantitative estimate of drug-likeness (QED) is 0.564.